The third-order valence-electron chi connectivity index (χ3n) is 5.09. The molecule has 7 heteroatoms. The summed E-state index contributed by atoms with van der Waals surface area (Å²) in [4.78, 5) is 28.0. The minimum atomic E-state index is -0.375. The molecule has 6 nitrogen and oxygen atoms in total. The number of ether oxygens (including phenoxy) is 1. The molecule has 1 aliphatic rings. The van der Waals surface area contributed by atoms with E-state index in [-0.39, 0.29) is 17.6 Å². The molecule has 2 aromatic heterocycles. The van der Waals surface area contributed by atoms with Crippen molar-refractivity contribution in [1.29, 1.82) is 0 Å². The van der Waals surface area contributed by atoms with E-state index in [1.54, 1.807) is 13.0 Å². The van der Waals surface area contributed by atoms with E-state index in [0.717, 1.165) is 41.9 Å². The topological polar surface area (TPSA) is 73.0 Å². The number of quaternary nitrogens is 1. The molecule has 0 fully saturated rings. The third kappa shape index (κ3) is 3.43. The highest BCUT2D eigenvalue weighted by atomic mass is 32.1. The largest absolute Gasteiger partial charge is 0.462 e. The molecule has 1 amide bonds. The van der Waals surface area contributed by atoms with Crippen LogP contribution in [0.3, 0.4) is 0 Å². The van der Waals surface area contributed by atoms with Crippen LogP contribution in [0.4, 0.5) is 5.00 Å². The Morgan fingerprint density at radius 2 is 2.11 bits per heavy atom. The Morgan fingerprint density at radius 1 is 1.29 bits per heavy atom. The number of carbonyl (C=O) groups excluding carboxylic acids is 2. The number of amides is 1. The summed E-state index contributed by atoms with van der Waals surface area (Å²) < 4.78 is 10.9. The molecule has 1 aliphatic heterocycles. The van der Waals surface area contributed by atoms with E-state index in [1.165, 1.54) is 16.2 Å². The van der Waals surface area contributed by atoms with Crippen LogP contribution in [-0.2, 0) is 17.7 Å². The molecule has 0 aliphatic carbocycles. The summed E-state index contributed by atoms with van der Waals surface area (Å²) in [7, 11) is 0. The first-order valence-corrected chi connectivity index (χ1v) is 10.4. The van der Waals surface area contributed by atoms with Crippen molar-refractivity contribution in [3.8, 4) is 0 Å². The second-order valence-corrected chi connectivity index (χ2v) is 7.92. The number of rotatable bonds is 5. The van der Waals surface area contributed by atoms with Gasteiger partial charge in [-0.3, -0.25) is 4.79 Å². The fraction of sp³-hybridized carbons (Fsp3) is 0.333. The summed E-state index contributed by atoms with van der Waals surface area (Å²) in [5, 5.41) is 4.31. The van der Waals surface area contributed by atoms with Crippen LogP contribution in [0.5, 0.6) is 0 Å². The van der Waals surface area contributed by atoms with Gasteiger partial charge in [0.05, 0.1) is 30.1 Å². The molecule has 28 heavy (non-hydrogen) atoms. The highest BCUT2D eigenvalue weighted by molar-refractivity contribution is 7.17. The average Bonchev–Trinajstić information content (AvgIpc) is 3.28. The van der Waals surface area contributed by atoms with Crippen LogP contribution in [0.15, 0.2) is 34.7 Å². The van der Waals surface area contributed by atoms with Crippen LogP contribution >= 0.6 is 11.3 Å². The molecule has 3 aromatic rings. The van der Waals surface area contributed by atoms with Crippen molar-refractivity contribution in [2.24, 2.45) is 0 Å². The van der Waals surface area contributed by atoms with Crippen molar-refractivity contribution in [2.75, 3.05) is 25.0 Å². The predicted molar refractivity (Wildman–Crippen MR) is 108 cm³/mol. The average molecular weight is 399 g/mol. The smallest absolute Gasteiger partial charge is 0.341 e. The lowest BCUT2D eigenvalue weighted by molar-refractivity contribution is -0.913. The summed E-state index contributed by atoms with van der Waals surface area (Å²) in [6.07, 6.45) is 0.809. The second kappa shape index (κ2) is 7.77. The van der Waals surface area contributed by atoms with E-state index in [1.807, 2.05) is 24.3 Å². The molecule has 0 bridgehead atoms. The first-order valence-electron chi connectivity index (χ1n) is 9.55. The summed E-state index contributed by atoms with van der Waals surface area (Å²) in [5.74, 6) is -0.511. The van der Waals surface area contributed by atoms with Crippen LogP contribution in [0, 0.1) is 0 Å². The highest BCUT2D eigenvalue weighted by Crippen LogP contribution is 2.36. The van der Waals surface area contributed by atoms with Crippen LogP contribution in [0.2, 0.25) is 0 Å². The van der Waals surface area contributed by atoms with Gasteiger partial charge in [0, 0.05) is 11.8 Å². The van der Waals surface area contributed by atoms with Crippen LogP contribution in [0.25, 0.3) is 11.0 Å². The van der Waals surface area contributed by atoms with E-state index < -0.39 is 0 Å². The zero-order valence-corrected chi connectivity index (χ0v) is 16.8. The third-order valence-corrected chi connectivity index (χ3v) is 6.23. The second-order valence-electron chi connectivity index (χ2n) is 6.81. The molecule has 0 radical (unpaired) electrons. The lowest BCUT2D eigenvalue weighted by Gasteiger charge is -2.22. The van der Waals surface area contributed by atoms with Gasteiger partial charge >= 0.3 is 5.97 Å². The van der Waals surface area contributed by atoms with Crippen molar-refractivity contribution >= 4 is 39.2 Å². The van der Waals surface area contributed by atoms with E-state index in [0.29, 0.717) is 22.8 Å². The maximum Gasteiger partial charge on any atom is 0.341 e. The Balaban J connectivity index is 1.67. The van der Waals surface area contributed by atoms with Gasteiger partial charge in [-0.1, -0.05) is 18.2 Å². The number of likely N-dealkylation sites (N-methyl/N-ethyl adjacent to an activating group) is 1. The Bertz CT molecular complexity index is 1000. The molecule has 1 unspecified atom stereocenters. The number of thiophene rings is 1. The van der Waals surface area contributed by atoms with Gasteiger partial charge in [-0.2, -0.15) is 0 Å². The Labute approximate surface area is 167 Å². The van der Waals surface area contributed by atoms with Crippen molar-refractivity contribution < 1.29 is 23.6 Å². The molecule has 2 N–H and O–H groups in total. The van der Waals surface area contributed by atoms with Gasteiger partial charge in [0.15, 0.2) is 5.76 Å². The van der Waals surface area contributed by atoms with E-state index in [2.05, 4.69) is 12.2 Å². The molecule has 0 spiro atoms. The van der Waals surface area contributed by atoms with Crippen LogP contribution < -0.4 is 10.2 Å². The van der Waals surface area contributed by atoms with Crippen LogP contribution in [-0.4, -0.2) is 31.6 Å². The van der Waals surface area contributed by atoms with Gasteiger partial charge in [0.1, 0.15) is 17.1 Å². The number of anilines is 1. The minimum absolute atomic E-state index is 0.225. The van der Waals surface area contributed by atoms with Crippen LogP contribution in [0.1, 0.15) is 45.2 Å². The monoisotopic (exact) mass is 399 g/mol. The molecular formula is C21H23N2O4S+. The van der Waals surface area contributed by atoms with Crippen molar-refractivity contribution in [1.82, 2.24) is 0 Å². The highest BCUT2D eigenvalue weighted by Gasteiger charge is 2.31. The predicted octanol–water partition coefficient (Wildman–Crippen LogP) is 2.88. The van der Waals surface area contributed by atoms with Gasteiger partial charge in [-0.25, -0.2) is 4.79 Å². The number of hydrogen-bond donors (Lipinski definition) is 2. The van der Waals surface area contributed by atoms with Gasteiger partial charge in [-0.05, 0) is 31.5 Å². The van der Waals surface area contributed by atoms with E-state index in [9.17, 15) is 9.59 Å². The Kier molecular flexibility index (Phi) is 5.19. The number of furan rings is 1. The van der Waals surface area contributed by atoms with Gasteiger partial charge < -0.3 is 19.4 Å². The zero-order chi connectivity index (χ0) is 19.7. The number of nitrogens with one attached hydrogen (secondary N) is 2. The number of fused-ring (bicyclic) bond motifs is 2. The quantitative estimate of drug-likeness (QED) is 0.647. The number of benzene rings is 1. The van der Waals surface area contributed by atoms with Gasteiger partial charge in [-0.15, -0.1) is 11.3 Å². The molecule has 1 atom stereocenters. The fourth-order valence-corrected chi connectivity index (χ4v) is 4.91. The van der Waals surface area contributed by atoms with E-state index >= 15 is 0 Å². The summed E-state index contributed by atoms with van der Waals surface area (Å²) in [6, 6.07) is 9.19. The number of para-hydroxylation sites is 1. The molecule has 0 saturated carbocycles. The lowest BCUT2D eigenvalue weighted by atomic mass is 10.0. The molecule has 3 heterocycles. The lowest BCUT2D eigenvalue weighted by Crippen LogP contribution is -3.11. The Morgan fingerprint density at radius 3 is 2.86 bits per heavy atom. The van der Waals surface area contributed by atoms with Crippen molar-refractivity contribution in [2.45, 2.75) is 26.8 Å². The first-order chi connectivity index (χ1) is 13.6. The number of esters is 1. The number of carbonyl (C=O) groups is 2. The normalized spacial score (nSPS) is 16.0. The molecule has 0 saturated heterocycles. The first kappa shape index (κ1) is 18.7. The zero-order valence-electron chi connectivity index (χ0n) is 16.0. The molecule has 146 valence electrons. The minimum Gasteiger partial charge on any atom is -0.462 e. The summed E-state index contributed by atoms with van der Waals surface area (Å²) in [6.45, 7) is 7.11. The van der Waals surface area contributed by atoms with Crippen molar-refractivity contribution in [3.63, 3.8) is 0 Å². The SMILES string of the molecule is CCOC(=O)c1c(NC(=O)c2cc3ccccc3o2)sc2c1CC[NH+](CC)C2. The summed E-state index contributed by atoms with van der Waals surface area (Å²) in [5.41, 5.74) is 2.17. The standard InChI is InChI=1S/C21H22N2O4S/c1-3-23-10-9-14-17(12-23)28-20(18(14)21(25)26-4-2)22-19(24)16-11-13-7-5-6-8-15(13)27-16/h5-8,11H,3-4,9-10,12H2,1-2H3,(H,22,24)/p+1. The van der Waals surface area contributed by atoms with Gasteiger partial charge in [0.25, 0.3) is 5.91 Å². The molecular weight excluding hydrogens is 376 g/mol. The fourth-order valence-electron chi connectivity index (χ4n) is 3.60. The van der Waals surface area contributed by atoms with Gasteiger partial charge in [0.2, 0.25) is 0 Å². The molecule has 4 rings (SSSR count). The van der Waals surface area contributed by atoms with Crippen molar-refractivity contribution in [3.05, 3.63) is 52.1 Å². The maximum absolute atomic E-state index is 12.8. The Hall–Kier alpha value is -2.64. The summed E-state index contributed by atoms with van der Waals surface area (Å²) >= 11 is 1.47. The van der Waals surface area contributed by atoms with E-state index in [4.69, 9.17) is 9.15 Å². The number of hydrogen-bond acceptors (Lipinski definition) is 5. The molecule has 1 aromatic carbocycles. The maximum atomic E-state index is 12.8.